The third kappa shape index (κ3) is 2.26. The lowest BCUT2D eigenvalue weighted by molar-refractivity contribution is -0.165. The molecule has 8 atom stereocenters. The lowest BCUT2D eigenvalue weighted by Gasteiger charge is -2.62. The second-order valence-electron chi connectivity index (χ2n) is 10.9. The van der Waals surface area contributed by atoms with Crippen LogP contribution in [0.15, 0.2) is 17.3 Å². The molecule has 5 fully saturated rings. The standard InChI is InChI=1S/C23H33NO4/c1-12-6-7-13-18-14(8-9-22(12,13)4)23(5)11-16(24-26)17(25)10-15(23)19-20(18)28-21(2,3)27-19/h13-15,18-20,26H,1,6-11H2,2-5H3/t13-,14-,15+,18-,19+,20+,22+,23+/m0/s1. The normalized spacial score (nSPS) is 53.5. The summed E-state index contributed by atoms with van der Waals surface area (Å²) < 4.78 is 13.0. The van der Waals surface area contributed by atoms with Gasteiger partial charge in [0.1, 0.15) is 5.71 Å². The van der Waals surface area contributed by atoms with Crippen LogP contribution < -0.4 is 0 Å². The molecule has 0 aromatic rings. The molecule has 1 N–H and O–H groups in total. The Morgan fingerprint density at radius 1 is 1.07 bits per heavy atom. The largest absolute Gasteiger partial charge is 0.411 e. The Hall–Kier alpha value is -1.20. The van der Waals surface area contributed by atoms with Gasteiger partial charge in [-0.25, -0.2) is 0 Å². The van der Waals surface area contributed by atoms with Gasteiger partial charge in [-0.15, -0.1) is 0 Å². The van der Waals surface area contributed by atoms with Crippen LogP contribution in [0.5, 0.6) is 0 Å². The van der Waals surface area contributed by atoms with Crippen LogP contribution in [0.4, 0.5) is 0 Å². The van der Waals surface area contributed by atoms with Gasteiger partial charge in [-0.05, 0) is 68.1 Å². The molecule has 1 saturated heterocycles. The van der Waals surface area contributed by atoms with Gasteiger partial charge in [0.2, 0.25) is 0 Å². The molecule has 0 unspecified atom stereocenters. The first-order valence-electron chi connectivity index (χ1n) is 10.9. The minimum atomic E-state index is -0.622. The van der Waals surface area contributed by atoms with Crippen molar-refractivity contribution in [3.63, 3.8) is 0 Å². The molecule has 4 aliphatic carbocycles. The number of hydrogen-bond donors (Lipinski definition) is 1. The Balaban J connectivity index is 1.62. The van der Waals surface area contributed by atoms with Crippen molar-refractivity contribution in [3.8, 4) is 0 Å². The molecule has 5 aliphatic rings. The fourth-order valence-corrected chi connectivity index (χ4v) is 7.89. The molecule has 1 heterocycles. The van der Waals surface area contributed by atoms with Gasteiger partial charge >= 0.3 is 0 Å². The Bertz CT molecular complexity index is 773. The highest BCUT2D eigenvalue weighted by molar-refractivity contribution is 6.40. The van der Waals surface area contributed by atoms with Crippen LogP contribution in [0.25, 0.3) is 0 Å². The van der Waals surface area contributed by atoms with Crippen molar-refractivity contribution in [2.75, 3.05) is 0 Å². The fraction of sp³-hybridized carbons (Fsp3) is 0.826. The van der Waals surface area contributed by atoms with Crippen LogP contribution in [-0.2, 0) is 14.3 Å². The van der Waals surface area contributed by atoms with Crippen LogP contribution in [0, 0.1) is 34.5 Å². The Kier molecular flexibility index (Phi) is 3.82. The van der Waals surface area contributed by atoms with Gasteiger partial charge in [0.25, 0.3) is 0 Å². The molecule has 5 nitrogen and oxygen atoms in total. The summed E-state index contributed by atoms with van der Waals surface area (Å²) in [5, 5.41) is 12.8. The molecule has 5 heteroatoms. The van der Waals surface area contributed by atoms with E-state index < -0.39 is 5.79 Å². The van der Waals surface area contributed by atoms with Crippen molar-refractivity contribution in [3.05, 3.63) is 12.2 Å². The first kappa shape index (κ1) is 18.8. The van der Waals surface area contributed by atoms with Crippen molar-refractivity contribution in [2.45, 2.75) is 84.2 Å². The summed E-state index contributed by atoms with van der Waals surface area (Å²) in [7, 11) is 0. The van der Waals surface area contributed by atoms with Gasteiger partial charge in [0.05, 0.1) is 12.2 Å². The lowest BCUT2D eigenvalue weighted by atomic mass is 9.43. The molecule has 154 valence electrons. The average Bonchev–Trinajstić information content (AvgIpc) is 3.11. The van der Waals surface area contributed by atoms with Gasteiger partial charge in [0.15, 0.2) is 11.6 Å². The van der Waals surface area contributed by atoms with Gasteiger partial charge in [0, 0.05) is 18.8 Å². The van der Waals surface area contributed by atoms with Gasteiger partial charge in [-0.1, -0.05) is 31.2 Å². The van der Waals surface area contributed by atoms with E-state index in [0.717, 1.165) is 19.3 Å². The van der Waals surface area contributed by atoms with Crippen LogP contribution in [0.1, 0.15) is 66.2 Å². The molecule has 1 aliphatic heterocycles. The maximum atomic E-state index is 12.6. The van der Waals surface area contributed by atoms with Crippen molar-refractivity contribution in [1.82, 2.24) is 0 Å². The fourth-order valence-electron chi connectivity index (χ4n) is 7.89. The monoisotopic (exact) mass is 387 g/mol. The molecule has 0 bridgehead atoms. The van der Waals surface area contributed by atoms with E-state index in [9.17, 15) is 10.0 Å². The summed E-state index contributed by atoms with van der Waals surface area (Å²) in [6.07, 6.45) is 5.46. The number of carbonyl (C=O) groups is 1. The van der Waals surface area contributed by atoms with E-state index >= 15 is 0 Å². The minimum absolute atomic E-state index is 0.0361. The number of nitrogens with zero attached hydrogens (tertiary/aromatic N) is 1. The zero-order valence-corrected chi connectivity index (χ0v) is 17.5. The van der Waals surface area contributed by atoms with Crippen molar-refractivity contribution >= 4 is 11.5 Å². The van der Waals surface area contributed by atoms with E-state index in [1.54, 1.807) is 0 Å². The van der Waals surface area contributed by atoms with E-state index in [4.69, 9.17) is 9.47 Å². The topological polar surface area (TPSA) is 68.1 Å². The molecule has 0 aromatic carbocycles. The number of carbonyl (C=O) groups excluding carboxylic acids is 1. The molecule has 28 heavy (non-hydrogen) atoms. The Morgan fingerprint density at radius 3 is 2.50 bits per heavy atom. The molecular weight excluding hydrogens is 354 g/mol. The Labute approximate surface area is 167 Å². The molecule has 0 amide bonds. The van der Waals surface area contributed by atoms with E-state index in [2.05, 4.69) is 25.6 Å². The average molecular weight is 388 g/mol. The number of rotatable bonds is 0. The zero-order chi connectivity index (χ0) is 20.1. The highest BCUT2D eigenvalue weighted by Crippen LogP contribution is 2.68. The van der Waals surface area contributed by atoms with Crippen molar-refractivity contribution in [1.29, 1.82) is 0 Å². The molecule has 4 saturated carbocycles. The van der Waals surface area contributed by atoms with Gasteiger partial charge < -0.3 is 14.7 Å². The highest BCUT2D eigenvalue weighted by Gasteiger charge is 2.68. The smallest absolute Gasteiger partial charge is 0.180 e. The summed E-state index contributed by atoms with van der Waals surface area (Å²) in [6.45, 7) is 13.1. The summed E-state index contributed by atoms with van der Waals surface area (Å²) in [5.41, 5.74) is 1.83. The highest BCUT2D eigenvalue weighted by atomic mass is 16.8. The van der Waals surface area contributed by atoms with E-state index in [-0.39, 0.29) is 34.7 Å². The minimum Gasteiger partial charge on any atom is -0.411 e. The first-order chi connectivity index (χ1) is 13.1. The predicted octanol–water partition coefficient (Wildman–Crippen LogP) is 4.33. The molecule has 0 aromatic heterocycles. The SMILES string of the molecule is C=C1CC[C@H]2[C@@H]3[C@H]4OC(C)(C)O[C@@H]4[C@H]4CC(=O)C(=NO)C[C@]4(C)[C@H]3CC[C@]12C. The third-order valence-electron chi connectivity index (χ3n) is 9.32. The molecule has 0 radical (unpaired) electrons. The number of oxime groups is 1. The number of hydrogen-bond acceptors (Lipinski definition) is 5. The van der Waals surface area contributed by atoms with Gasteiger partial charge in [-0.2, -0.15) is 0 Å². The number of fused-ring (bicyclic) bond motifs is 8. The number of allylic oxidation sites excluding steroid dienone is 1. The predicted molar refractivity (Wildman–Crippen MR) is 105 cm³/mol. The second kappa shape index (κ2) is 5.69. The van der Waals surface area contributed by atoms with Crippen LogP contribution >= 0.6 is 0 Å². The first-order valence-corrected chi connectivity index (χ1v) is 10.9. The van der Waals surface area contributed by atoms with Crippen molar-refractivity contribution in [2.24, 2.45) is 39.7 Å². The number of Topliss-reactive ketones (excluding diaryl/α,β-unsaturated/α-hetero) is 1. The van der Waals surface area contributed by atoms with E-state index in [0.29, 0.717) is 36.3 Å². The van der Waals surface area contributed by atoms with Crippen LogP contribution in [0.3, 0.4) is 0 Å². The van der Waals surface area contributed by atoms with E-state index in [1.807, 2.05) is 13.8 Å². The van der Waals surface area contributed by atoms with Crippen LogP contribution in [-0.4, -0.2) is 34.7 Å². The molecule has 0 spiro atoms. The summed E-state index contributed by atoms with van der Waals surface area (Å²) in [4.78, 5) is 12.6. The number of ether oxygens (including phenoxy) is 2. The summed E-state index contributed by atoms with van der Waals surface area (Å²) in [6, 6.07) is 0. The van der Waals surface area contributed by atoms with Crippen molar-refractivity contribution < 1.29 is 19.5 Å². The Morgan fingerprint density at radius 2 is 1.79 bits per heavy atom. The maximum absolute atomic E-state index is 12.6. The second-order valence-corrected chi connectivity index (χ2v) is 10.9. The molecule has 5 rings (SSSR count). The summed E-state index contributed by atoms with van der Waals surface area (Å²) >= 11 is 0. The third-order valence-corrected chi connectivity index (χ3v) is 9.32. The van der Waals surface area contributed by atoms with E-state index in [1.165, 1.54) is 12.0 Å². The maximum Gasteiger partial charge on any atom is 0.180 e. The number of ketones is 1. The molecular formula is C23H33NO4. The quantitative estimate of drug-likeness (QED) is 0.381. The van der Waals surface area contributed by atoms with Gasteiger partial charge in [-0.3, -0.25) is 4.79 Å². The zero-order valence-electron chi connectivity index (χ0n) is 17.5. The van der Waals surface area contributed by atoms with Crippen LogP contribution in [0.2, 0.25) is 0 Å². The lowest BCUT2D eigenvalue weighted by Crippen LogP contribution is -2.63. The summed E-state index contributed by atoms with van der Waals surface area (Å²) in [5.74, 6) is 0.860.